The third-order valence-corrected chi connectivity index (χ3v) is 4.84. The monoisotopic (exact) mass is 385 g/mol. The zero-order valence-corrected chi connectivity index (χ0v) is 18.5. The normalized spacial score (nSPS) is 10.8. The lowest BCUT2D eigenvalue weighted by molar-refractivity contribution is 0.294. The zero-order chi connectivity index (χ0) is 20.7. The molecule has 0 aromatic carbocycles. The van der Waals surface area contributed by atoms with Gasteiger partial charge >= 0.3 is 0 Å². The van der Waals surface area contributed by atoms with E-state index in [0.717, 1.165) is 54.1 Å². The topological polar surface area (TPSA) is 63.2 Å². The summed E-state index contributed by atoms with van der Waals surface area (Å²) in [5.41, 5.74) is 5.15. The summed E-state index contributed by atoms with van der Waals surface area (Å²) in [7, 11) is 5.89. The highest BCUT2D eigenvalue weighted by molar-refractivity contribution is 5.72. The number of unbranched alkanes of at least 4 members (excludes halogenated alkanes) is 2. The van der Waals surface area contributed by atoms with E-state index >= 15 is 0 Å². The Labute approximate surface area is 169 Å². The van der Waals surface area contributed by atoms with Crippen LogP contribution in [0.1, 0.15) is 57.0 Å². The number of nitrogens with zero attached hydrogens (tertiary/aromatic N) is 4. The molecule has 0 aliphatic rings. The van der Waals surface area contributed by atoms with Crippen LogP contribution in [0, 0.1) is 6.92 Å². The number of ether oxygens (including phenoxy) is 1. The number of hydrogen-bond donors (Lipinski definition) is 1. The van der Waals surface area contributed by atoms with E-state index in [4.69, 9.17) is 19.7 Å². The number of aryl methyl sites for hydroxylation is 3. The Morgan fingerprint density at radius 2 is 1.79 bits per heavy atom. The average Bonchev–Trinajstić information content (AvgIpc) is 2.70. The molecule has 28 heavy (non-hydrogen) atoms. The van der Waals surface area contributed by atoms with Crippen LogP contribution in [0.25, 0.3) is 11.3 Å². The molecule has 0 spiro atoms. The van der Waals surface area contributed by atoms with Gasteiger partial charge in [-0.05, 0) is 37.8 Å². The van der Waals surface area contributed by atoms with Crippen LogP contribution in [-0.4, -0.2) is 42.7 Å². The van der Waals surface area contributed by atoms with Crippen molar-refractivity contribution in [1.82, 2.24) is 15.0 Å². The van der Waals surface area contributed by atoms with Crippen LogP contribution in [-0.2, 0) is 12.8 Å². The van der Waals surface area contributed by atoms with Crippen molar-refractivity contribution >= 4 is 11.6 Å². The quantitative estimate of drug-likeness (QED) is 0.601. The first-order valence-electron chi connectivity index (χ1n) is 10.4. The molecule has 154 valence electrons. The van der Waals surface area contributed by atoms with Gasteiger partial charge in [0.15, 0.2) is 5.82 Å². The fraction of sp³-hybridized carbons (Fsp3) is 0.591. The van der Waals surface area contributed by atoms with Crippen LogP contribution in [0.15, 0.2) is 6.07 Å². The van der Waals surface area contributed by atoms with E-state index in [1.807, 2.05) is 26.0 Å². The van der Waals surface area contributed by atoms with Gasteiger partial charge in [0.05, 0.1) is 18.0 Å². The second-order valence-corrected chi connectivity index (χ2v) is 7.18. The Hall–Kier alpha value is -2.37. The van der Waals surface area contributed by atoms with E-state index in [1.54, 1.807) is 0 Å². The zero-order valence-electron chi connectivity index (χ0n) is 18.5. The molecule has 6 nitrogen and oxygen atoms in total. The molecule has 0 aliphatic carbocycles. The Morgan fingerprint density at radius 3 is 2.36 bits per heavy atom. The molecule has 0 unspecified atom stereocenters. The molecule has 0 saturated carbocycles. The molecule has 2 heterocycles. The van der Waals surface area contributed by atoms with Gasteiger partial charge in [0.1, 0.15) is 5.82 Å². The maximum Gasteiger partial charge on any atom is 0.257 e. The smallest absolute Gasteiger partial charge is 0.257 e. The van der Waals surface area contributed by atoms with Crippen molar-refractivity contribution < 1.29 is 4.74 Å². The lowest BCUT2D eigenvalue weighted by Gasteiger charge is -2.20. The lowest BCUT2D eigenvalue weighted by atomic mass is 9.98. The van der Waals surface area contributed by atoms with E-state index in [1.165, 1.54) is 12.0 Å². The number of anilines is 2. The summed E-state index contributed by atoms with van der Waals surface area (Å²) in [6.45, 7) is 9.18. The molecule has 1 N–H and O–H groups in total. The first-order chi connectivity index (χ1) is 13.5. The van der Waals surface area contributed by atoms with Crippen LogP contribution in [0.5, 0.6) is 5.88 Å². The van der Waals surface area contributed by atoms with Crippen LogP contribution >= 0.6 is 0 Å². The van der Waals surface area contributed by atoms with E-state index in [-0.39, 0.29) is 0 Å². The van der Waals surface area contributed by atoms with E-state index < -0.39 is 0 Å². The number of nitrogens with one attached hydrogen (secondary N) is 1. The van der Waals surface area contributed by atoms with Crippen molar-refractivity contribution in [2.24, 2.45) is 0 Å². The molecular formula is C22H35N5O. The molecule has 0 atom stereocenters. The average molecular weight is 386 g/mol. The molecule has 2 aromatic heterocycles. The van der Waals surface area contributed by atoms with Crippen molar-refractivity contribution in [3.8, 4) is 17.1 Å². The minimum absolute atomic E-state index is 0.591. The number of hydrogen-bond acceptors (Lipinski definition) is 6. The highest BCUT2D eigenvalue weighted by Crippen LogP contribution is 2.33. The molecule has 0 amide bonds. The van der Waals surface area contributed by atoms with Crippen LogP contribution in [0.2, 0.25) is 0 Å². The molecule has 0 saturated heterocycles. The van der Waals surface area contributed by atoms with E-state index in [2.05, 4.69) is 39.1 Å². The van der Waals surface area contributed by atoms with Gasteiger partial charge in [0, 0.05) is 32.4 Å². The summed E-state index contributed by atoms with van der Waals surface area (Å²) >= 11 is 0. The SMILES string of the molecule is CCCCCOc1nc(CC)c(-c2c(CC)cc(N(C)C)nc2C)nc1NC. The summed E-state index contributed by atoms with van der Waals surface area (Å²) in [5.74, 6) is 2.24. The van der Waals surface area contributed by atoms with E-state index in [9.17, 15) is 0 Å². The van der Waals surface area contributed by atoms with Crippen molar-refractivity contribution in [3.05, 3.63) is 23.0 Å². The summed E-state index contributed by atoms with van der Waals surface area (Å²) in [6.07, 6.45) is 5.05. The second-order valence-electron chi connectivity index (χ2n) is 7.18. The fourth-order valence-electron chi connectivity index (χ4n) is 3.24. The molecule has 6 heteroatoms. The molecule has 0 fully saturated rings. The van der Waals surface area contributed by atoms with E-state index in [0.29, 0.717) is 18.3 Å². The van der Waals surface area contributed by atoms with Crippen LogP contribution < -0.4 is 15.0 Å². The van der Waals surface area contributed by atoms with Gasteiger partial charge in [0.25, 0.3) is 5.88 Å². The molecule has 0 aliphatic heterocycles. The molecule has 0 radical (unpaired) electrons. The third-order valence-electron chi connectivity index (χ3n) is 4.84. The molecule has 0 bridgehead atoms. The van der Waals surface area contributed by atoms with Crippen LogP contribution in [0.4, 0.5) is 11.6 Å². The standard InChI is InChI=1S/C22H35N5O/c1-8-11-12-13-28-22-21(23-5)26-20(17(10-3)25-22)19-15(4)24-18(27(6)7)14-16(19)9-2/h14H,8-13H2,1-7H3,(H,23,26). The van der Waals surface area contributed by atoms with Crippen molar-refractivity contribution in [2.75, 3.05) is 38.0 Å². The minimum Gasteiger partial charge on any atom is -0.475 e. The summed E-state index contributed by atoms with van der Waals surface area (Å²) in [4.78, 5) is 16.6. The maximum atomic E-state index is 5.94. The van der Waals surface area contributed by atoms with Gasteiger partial charge in [-0.2, -0.15) is 0 Å². The first kappa shape index (κ1) is 21.9. The Bertz CT molecular complexity index is 789. The Balaban J connectivity index is 2.53. The molecule has 2 aromatic rings. The second kappa shape index (κ2) is 10.2. The third kappa shape index (κ3) is 4.91. The van der Waals surface area contributed by atoms with Gasteiger partial charge in [-0.3, -0.25) is 0 Å². The number of aromatic nitrogens is 3. The largest absolute Gasteiger partial charge is 0.475 e. The van der Waals surface area contributed by atoms with Crippen molar-refractivity contribution in [2.45, 2.75) is 59.8 Å². The predicted molar refractivity (Wildman–Crippen MR) is 118 cm³/mol. The first-order valence-corrected chi connectivity index (χ1v) is 10.4. The molecule has 2 rings (SSSR count). The highest BCUT2D eigenvalue weighted by Gasteiger charge is 2.20. The minimum atomic E-state index is 0.591. The van der Waals surface area contributed by atoms with Crippen molar-refractivity contribution in [3.63, 3.8) is 0 Å². The number of rotatable bonds is 10. The van der Waals surface area contributed by atoms with Gasteiger partial charge in [-0.25, -0.2) is 15.0 Å². The van der Waals surface area contributed by atoms with Crippen LogP contribution in [0.3, 0.4) is 0 Å². The summed E-state index contributed by atoms with van der Waals surface area (Å²) in [5, 5.41) is 3.16. The Kier molecular flexibility index (Phi) is 8.03. The number of pyridine rings is 1. The molecular weight excluding hydrogens is 350 g/mol. The fourth-order valence-corrected chi connectivity index (χ4v) is 3.24. The van der Waals surface area contributed by atoms with Crippen molar-refractivity contribution in [1.29, 1.82) is 0 Å². The predicted octanol–water partition coefficient (Wildman–Crippen LogP) is 4.65. The summed E-state index contributed by atoms with van der Waals surface area (Å²) in [6, 6.07) is 2.15. The van der Waals surface area contributed by atoms with Gasteiger partial charge in [-0.1, -0.05) is 33.6 Å². The van der Waals surface area contributed by atoms with Gasteiger partial charge in [-0.15, -0.1) is 0 Å². The lowest BCUT2D eigenvalue weighted by Crippen LogP contribution is -2.13. The maximum absolute atomic E-state index is 5.94. The van der Waals surface area contributed by atoms with Gasteiger partial charge < -0.3 is 15.0 Å². The summed E-state index contributed by atoms with van der Waals surface area (Å²) < 4.78 is 5.94. The highest BCUT2D eigenvalue weighted by atomic mass is 16.5. The Morgan fingerprint density at radius 1 is 1.04 bits per heavy atom. The van der Waals surface area contributed by atoms with Gasteiger partial charge in [0.2, 0.25) is 0 Å².